The van der Waals surface area contributed by atoms with Gasteiger partial charge >= 0.3 is 11.7 Å². The van der Waals surface area contributed by atoms with Crippen LogP contribution in [0.25, 0.3) is 0 Å². The molecule has 0 aromatic carbocycles. The number of hydrogen-bond donors (Lipinski definition) is 0. The second kappa shape index (κ2) is 5.99. The standard InChI is InChI=1S/C10H16N4O4/c1-12(6-4-5-9(15)18-3)10-8(14(16)17)7-13(2)11-10/h7H,4-6H2,1-3H3. The maximum atomic E-state index is 10.9. The number of carbonyl (C=O) groups excluding carboxylic acids is 1. The topological polar surface area (TPSA) is 90.5 Å². The molecule has 0 aliphatic heterocycles. The van der Waals surface area contributed by atoms with Crippen LogP contribution < -0.4 is 4.90 Å². The molecule has 8 nitrogen and oxygen atoms in total. The SMILES string of the molecule is COC(=O)CCCN(C)c1nn(C)cc1[N+](=O)[O-]. The summed E-state index contributed by atoms with van der Waals surface area (Å²) < 4.78 is 5.91. The maximum absolute atomic E-state index is 10.9. The summed E-state index contributed by atoms with van der Waals surface area (Å²) in [6, 6.07) is 0. The van der Waals surface area contributed by atoms with Crippen LogP contribution in [0.4, 0.5) is 11.5 Å². The zero-order valence-electron chi connectivity index (χ0n) is 10.6. The smallest absolute Gasteiger partial charge is 0.330 e. The van der Waals surface area contributed by atoms with Crippen LogP contribution in [0.1, 0.15) is 12.8 Å². The number of methoxy groups -OCH3 is 1. The Bertz CT molecular complexity index is 443. The van der Waals surface area contributed by atoms with E-state index in [2.05, 4.69) is 9.84 Å². The molecule has 18 heavy (non-hydrogen) atoms. The van der Waals surface area contributed by atoms with Gasteiger partial charge in [-0.1, -0.05) is 0 Å². The number of nitrogens with zero attached hydrogens (tertiary/aromatic N) is 4. The predicted molar refractivity (Wildman–Crippen MR) is 64.4 cm³/mol. The molecule has 1 rings (SSSR count). The highest BCUT2D eigenvalue weighted by molar-refractivity contribution is 5.69. The Labute approximate surface area is 104 Å². The van der Waals surface area contributed by atoms with Crippen molar-refractivity contribution in [3.05, 3.63) is 16.3 Å². The highest BCUT2D eigenvalue weighted by atomic mass is 16.6. The molecular formula is C10H16N4O4. The lowest BCUT2D eigenvalue weighted by molar-refractivity contribution is -0.384. The second-order valence-corrected chi connectivity index (χ2v) is 3.87. The Morgan fingerprint density at radius 3 is 2.89 bits per heavy atom. The molecule has 0 spiro atoms. The number of carbonyl (C=O) groups is 1. The molecule has 8 heteroatoms. The minimum absolute atomic E-state index is 0.0435. The molecule has 1 aromatic heterocycles. The molecule has 100 valence electrons. The zero-order chi connectivity index (χ0) is 13.7. The summed E-state index contributed by atoms with van der Waals surface area (Å²) >= 11 is 0. The van der Waals surface area contributed by atoms with Gasteiger partial charge < -0.3 is 9.64 Å². The number of rotatable bonds is 6. The molecule has 0 bridgehead atoms. The van der Waals surface area contributed by atoms with Crippen molar-refractivity contribution in [3.8, 4) is 0 Å². The summed E-state index contributed by atoms with van der Waals surface area (Å²) in [5.74, 6) is 0.00582. The van der Waals surface area contributed by atoms with Crippen molar-refractivity contribution in [2.45, 2.75) is 12.8 Å². The molecule has 1 aromatic rings. The van der Waals surface area contributed by atoms with Gasteiger partial charge in [-0.2, -0.15) is 0 Å². The van der Waals surface area contributed by atoms with Crippen LogP contribution in [0.15, 0.2) is 6.20 Å². The predicted octanol–water partition coefficient (Wildman–Crippen LogP) is 0.718. The van der Waals surface area contributed by atoms with Crippen LogP contribution >= 0.6 is 0 Å². The molecule has 0 unspecified atom stereocenters. The third kappa shape index (κ3) is 3.44. The maximum Gasteiger partial charge on any atom is 0.330 e. The molecule has 0 atom stereocenters. The average molecular weight is 256 g/mol. The molecule has 0 radical (unpaired) electrons. The number of ether oxygens (including phenoxy) is 1. The van der Waals surface area contributed by atoms with E-state index < -0.39 is 4.92 Å². The lowest BCUT2D eigenvalue weighted by Crippen LogP contribution is -2.21. The fourth-order valence-electron chi connectivity index (χ4n) is 1.53. The van der Waals surface area contributed by atoms with Crippen LogP contribution in [0.2, 0.25) is 0 Å². The molecule has 1 heterocycles. The van der Waals surface area contributed by atoms with Crippen LogP contribution in [-0.2, 0) is 16.6 Å². The van der Waals surface area contributed by atoms with Crippen molar-refractivity contribution in [2.24, 2.45) is 7.05 Å². The largest absolute Gasteiger partial charge is 0.469 e. The fourth-order valence-corrected chi connectivity index (χ4v) is 1.53. The highest BCUT2D eigenvalue weighted by Crippen LogP contribution is 2.24. The Morgan fingerprint density at radius 1 is 1.67 bits per heavy atom. The third-order valence-electron chi connectivity index (χ3n) is 2.45. The highest BCUT2D eigenvalue weighted by Gasteiger charge is 2.21. The molecule has 0 fully saturated rings. The van der Waals surface area contributed by atoms with Crippen molar-refractivity contribution >= 4 is 17.5 Å². The van der Waals surface area contributed by atoms with Gasteiger partial charge in [-0.3, -0.25) is 19.6 Å². The van der Waals surface area contributed by atoms with Gasteiger partial charge in [-0.25, -0.2) is 0 Å². The van der Waals surface area contributed by atoms with E-state index in [0.29, 0.717) is 18.8 Å². The van der Waals surface area contributed by atoms with E-state index in [1.165, 1.54) is 18.0 Å². The van der Waals surface area contributed by atoms with E-state index in [-0.39, 0.29) is 18.1 Å². The van der Waals surface area contributed by atoms with Crippen LogP contribution in [0.5, 0.6) is 0 Å². The normalized spacial score (nSPS) is 10.2. The van der Waals surface area contributed by atoms with Gasteiger partial charge in [0.1, 0.15) is 6.20 Å². The number of anilines is 1. The number of nitro groups is 1. The van der Waals surface area contributed by atoms with Crippen molar-refractivity contribution in [1.82, 2.24) is 9.78 Å². The van der Waals surface area contributed by atoms with Gasteiger partial charge in [-0.15, -0.1) is 5.10 Å². The molecule has 0 aliphatic carbocycles. The monoisotopic (exact) mass is 256 g/mol. The Hall–Kier alpha value is -2.12. The van der Waals surface area contributed by atoms with Crippen LogP contribution in [-0.4, -0.2) is 41.4 Å². The summed E-state index contributed by atoms with van der Waals surface area (Å²) in [4.78, 5) is 22.9. The summed E-state index contributed by atoms with van der Waals surface area (Å²) in [5, 5.41) is 14.9. The van der Waals surface area contributed by atoms with Crippen molar-refractivity contribution < 1.29 is 14.5 Å². The van der Waals surface area contributed by atoms with Crippen molar-refractivity contribution in [2.75, 3.05) is 25.6 Å². The lowest BCUT2D eigenvalue weighted by Gasteiger charge is -2.14. The zero-order valence-corrected chi connectivity index (χ0v) is 10.6. The summed E-state index contributed by atoms with van der Waals surface area (Å²) in [7, 11) is 4.65. The van der Waals surface area contributed by atoms with E-state index in [1.807, 2.05) is 0 Å². The average Bonchev–Trinajstić information content (AvgIpc) is 2.71. The number of hydrogen-bond acceptors (Lipinski definition) is 6. The minimum atomic E-state index is -0.473. The molecular weight excluding hydrogens is 240 g/mol. The second-order valence-electron chi connectivity index (χ2n) is 3.87. The summed E-state index contributed by atoms with van der Waals surface area (Å²) in [6.07, 6.45) is 2.19. The van der Waals surface area contributed by atoms with Gasteiger partial charge in [0, 0.05) is 27.1 Å². The number of aryl methyl sites for hydroxylation is 1. The van der Waals surface area contributed by atoms with Gasteiger partial charge in [0.15, 0.2) is 0 Å². The van der Waals surface area contributed by atoms with E-state index in [4.69, 9.17) is 0 Å². The van der Waals surface area contributed by atoms with E-state index in [9.17, 15) is 14.9 Å². The molecule has 0 aliphatic rings. The summed E-state index contributed by atoms with van der Waals surface area (Å²) in [6.45, 7) is 0.493. The van der Waals surface area contributed by atoms with Crippen molar-refractivity contribution in [1.29, 1.82) is 0 Å². The Balaban J connectivity index is 2.63. The molecule has 0 saturated carbocycles. The van der Waals surface area contributed by atoms with E-state index in [1.54, 1.807) is 19.0 Å². The number of aromatic nitrogens is 2. The van der Waals surface area contributed by atoms with E-state index in [0.717, 1.165) is 0 Å². The third-order valence-corrected chi connectivity index (χ3v) is 2.45. The molecule has 0 amide bonds. The van der Waals surface area contributed by atoms with E-state index >= 15 is 0 Å². The molecule has 0 N–H and O–H groups in total. The number of esters is 1. The van der Waals surface area contributed by atoms with Crippen molar-refractivity contribution in [3.63, 3.8) is 0 Å². The first kappa shape index (κ1) is 13.9. The van der Waals surface area contributed by atoms with Gasteiger partial charge in [0.25, 0.3) is 0 Å². The first-order valence-electron chi connectivity index (χ1n) is 5.41. The molecule has 0 saturated heterocycles. The Kier molecular flexibility index (Phi) is 4.64. The van der Waals surface area contributed by atoms with Gasteiger partial charge in [-0.05, 0) is 6.42 Å². The lowest BCUT2D eigenvalue weighted by atomic mass is 10.3. The first-order chi connectivity index (χ1) is 8.45. The Morgan fingerprint density at radius 2 is 2.33 bits per heavy atom. The van der Waals surface area contributed by atoms with Crippen LogP contribution in [0, 0.1) is 10.1 Å². The first-order valence-corrected chi connectivity index (χ1v) is 5.41. The quantitative estimate of drug-likeness (QED) is 0.423. The van der Waals surface area contributed by atoms with Crippen LogP contribution in [0.3, 0.4) is 0 Å². The minimum Gasteiger partial charge on any atom is -0.469 e. The van der Waals surface area contributed by atoms with Gasteiger partial charge in [0.05, 0.1) is 12.0 Å². The fraction of sp³-hybridized carbons (Fsp3) is 0.600. The summed E-state index contributed by atoms with van der Waals surface area (Å²) in [5.41, 5.74) is -0.0435. The van der Waals surface area contributed by atoms with Gasteiger partial charge in [0.2, 0.25) is 5.82 Å².